The zero-order chi connectivity index (χ0) is 5.98. The van der Waals surface area contributed by atoms with E-state index in [1.54, 1.807) is 10.2 Å². The van der Waals surface area contributed by atoms with Gasteiger partial charge in [-0.2, -0.15) is 5.10 Å². The summed E-state index contributed by atoms with van der Waals surface area (Å²) >= 11 is 6.24. The van der Waals surface area contributed by atoms with Crippen LogP contribution >= 0.6 is 23.6 Å². The number of rotatable bonds is 1. The van der Waals surface area contributed by atoms with Gasteiger partial charge in [-0.15, -0.1) is 0 Å². The third-order valence-corrected chi connectivity index (χ3v) is 1.84. The summed E-state index contributed by atoms with van der Waals surface area (Å²) in [5.74, 6) is 0. The lowest BCUT2D eigenvalue weighted by molar-refractivity contribution is 0.632. The highest BCUT2D eigenvalue weighted by Crippen LogP contribution is 1.95. The van der Waals surface area contributed by atoms with Gasteiger partial charge in [0.25, 0.3) is 0 Å². The number of hydrogen-bond donors (Lipinski definition) is 1. The molecule has 0 fully saturated rings. The van der Waals surface area contributed by atoms with Gasteiger partial charge >= 0.3 is 0 Å². The first kappa shape index (κ1) is 5.87. The molecule has 0 aromatic carbocycles. The van der Waals surface area contributed by atoms with E-state index in [0.29, 0.717) is 6.67 Å². The highest BCUT2D eigenvalue weighted by atomic mass is 32.1. The van der Waals surface area contributed by atoms with E-state index in [1.807, 2.05) is 0 Å². The molecule has 5 heteroatoms. The zero-order valence-corrected chi connectivity index (χ0v) is 5.71. The van der Waals surface area contributed by atoms with Gasteiger partial charge in [-0.3, -0.25) is 0 Å². The molecule has 0 bridgehead atoms. The van der Waals surface area contributed by atoms with Crippen molar-refractivity contribution in [3.63, 3.8) is 0 Å². The third-order valence-electron chi connectivity index (χ3n) is 0.724. The van der Waals surface area contributed by atoms with Crippen LogP contribution in [0.1, 0.15) is 0 Å². The van der Waals surface area contributed by atoms with E-state index >= 15 is 0 Å². The highest BCUT2D eigenvalue weighted by molar-refractivity contribution is 7.73. The fourth-order valence-electron chi connectivity index (χ4n) is 0.355. The Morgan fingerprint density at radius 1 is 2.00 bits per heavy atom. The van der Waals surface area contributed by atoms with Crippen molar-refractivity contribution in [2.75, 3.05) is 0 Å². The summed E-state index contributed by atoms with van der Waals surface area (Å²) in [6.07, 6.45) is 0. The molecule has 1 aromatic rings. The van der Waals surface area contributed by atoms with Crippen LogP contribution in [0, 0.1) is 3.95 Å². The lowest BCUT2D eigenvalue weighted by atomic mass is 11.1. The molecule has 44 valence electrons. The normalized spacial score (nSPS) is 9.62. The van der Waals surface area contributed by atoms with Crippen LogP contribution in [0.2, 0.25) is 0 Å². The highest BCUT2D eigenvalue weighted by Gasteiger charge is 1.86. The molecule has 0 aliphatic heterocycles. The maximum Gasteiger partial charge on any atom is 0.180 e. The van der Waals surface area contributed by atoms with Gasteiger partial charge in [0.05, 0.1) is 6.67 Å². The van der Waals surface area contributed by atoms with Gasteiger partial charge in [0, 0.05) is 0 Å². The summed E-state index contributed by atoms with van der Waals surface area (Å²) in [7, 11) is 0. The first-order chi connectivity index (χ1) is 3.84. The molecule has 2 N–H and O–H groups in total. The second-order valence-electron chi connectivity index (χ2n) is 1.19. The number of aromatic nitrogens is 2. The Morgan fingerprint density at radius 3 is 3.00 bits per heavy atom. The summed E-state index contributed by atoms with van der Waals surface area (Å²) in [5, 5.41) is 3.84. The molecule has 0 saturated heterocycles. The quantitative estimate of drug-likeness (QED) is 0.591. The van der Waals surface area contributed by atoms with Crippen LogP contribution in [0.4, 0.5) is 0 Å². The van der Waals surface area contributed by atoms with Gasteiger partial charge < -0.3 is 5.73 Å². The van der Waals surface area contributed by atoms with Crippen molar-refractivity contribution in [3.05, 3.63) is 9.46 Å². The van der Waals surface area contributed by atoms with Crippen LogP contribution in [0.3, 0.4) is 0 Å². The van der Waals surface area contributed by atoms with Crippen LogP contribution in [0.15, 0.2) is 5.51 Å². The average molecular weight is 147 g/mol. The van der Waals surface area contributed by atoms with E-state index in [-0.39, 0.29) is 0 Å². The Kier molecular flexibility index (Phi) is 1.72. The van der Waals surface area contributed by atoms with Crippen molar-refractivity contribution in [1.29, 1.82) is 0 Å². The van der Waals surface area contributed by atoms with Gasteiger partial charge in [0.1, 0.15) is 5.51 Å². The van der Waals surface area contributed by atoms with Crippen LogP contribution in [0.25, 0.3) is 0 Å². The molecular weight excluding hydrogens is 142 g/mol. The van der Waals surface area contributed by atoms with E-state index < -0.39 is 0 Å². The monoisotopic (exact) mass is 147 g/mol. The van der Waals surface area contributed by atoms with Crippen LogP contribution < -0.4 is 5.73 Å². The maximum absolute atomic E-state index is 5.24. The SMILES string of the molecule is NCn1ncsc1=S. The zero-order valence-electron chi connectivity index (χ0n) is 4.07. The number of nitrogens with two attached hydrogens (primary N) is 1. The molecule has 1 aromatic heterocycles. The second kappa shape index (κ2) is 2.34. The first-order valence-corrected chi connectivity index (χ1v) is 3.34. The van der Waals surface area contributed by atoms with E-state index in [9.17, 15) is 0 Å². The summed E-state index contributed by atoms with van der Waals surface area (Å²) in [6, 6.07) is 0. The molecular formula is C3H5N3S2. The maximum atomic E-state index is 5.24. The summed E-state index contributed by atoms with van der Waals surface area (Å²) in [5.41, 5.74) is 6.91. The second-order valence-corrected chi connectivity index (χ2v) is 2.67. The van der Waals surface area contributed by atoms with E-state index in [1.165, 1.54) is 11.3 Å². The lowest BCUT2D eigenvalue weighted by Gasteiger charge is -1.87. The summed E-state index contributed by atoms with van der Waals surface area (Å²) in [4.78, 5) is 0. The Labute approximate surface area is 55.8 Å². The molecule has 3 nitrogen and oxygen atoms in total. The van der Waals surface area contributed by atoms with Crippen LogP contribution in [-0.2, 0) is 6.67 Å². The van der Waals surface area contributed by atoms with Gasteiger partial charge in [-0.25, -0.2) is 4.68 Å². The molecule has 0 unspecified atom stereocenters. The summed E-state index contributed by atoms with van der Waals surface area (Å²) < 4.78 is 2.30. The molecule has 0 aliphatic carbocycles. The van der Waals surface area contributed by atoms with E-state index in [4.69, 9.17) is 18.0 Å². The molecule has 0 aliphatic rings. The lowest BCUT2D eigenvalue weighted by Crippen LogP contribution is -2.07. The van der Waals surface area contributed by atoms with Gasteiger partial charge in [-0.1, -0.05) is 11.3 Å². The van der Waals surface area contributed by atoms with Crippen molar-refractivity contribution < 1.29 is 0 Å². The molecule has 0 atom stereocenters. The molecule has 1 heterocycles. The van der Waals surface area contributed by atoms with Crippen molar-refractivity contribution in [3.8, 4) is 0 Å². The topological polar surface area (TPSA) is 43.8 Å². The molecule has 0 amide bonds. The standard InChI is InChI=1S/C3H5N3S2/c4-1-6-3(7)8-2-5-6/h2H,1,4H2. The van der Waals surface area contributed by atoms with Crippen molar-refractivity contribution >= 4 is 23.6 Å². The minimum Gasteiger partial charge on any atom is -0.312 e. The Hall–Kier alpha value is -0.260. The molecule has 0 saturated carbocycles. The van der Waals surface area contributed by atoms with Crippen molar-refractivity contribution in [2.24, 2.45) is 5.73 Å². The van der Waals surface area contributed by atoms with Crippen molar-refractivity contribution in [2.45, 2.75) is 6.67 Å². The fraction of sp³-hybridized carbons (Fsp3) is 0.333. The Bertz CT molecular complexity index is 212. The van der Waals surface area contributed by atoms with Crippen molar-refractivity contribution in [1.82, 2.24) is 9.78 Å². The van der Waals surface area contributed by atoms with E-state index in [0.717, 1.165) is 3.95 Å². The van der Waals surface area contributed by atoms with E-state index in [2.05, 4.69) is 5.10 Å². The summed E-state index contributed by atoms with van der Waals surface area (Å²) in [6.45, 7) is 0.377. The minimum atomic E-state index is 0.377. The smallest absolute Gasteiger partial charge is 0.180 e. The van der Waals surface area contributed by atoms with Crippen LogP contribution in [-0.4, -0.2) is 9.78 Å². The first-order valence-electron chi connectivity index (χ1n) is 2.05. The largest absolute Gasteiger partial charge is 0.312 e. The molecule has 8 heavy (non-hydrogen) atoms. The minimum absolute atomic E-state index is 0.377. The fourth-order valence-corrected chi connectivity index (χ4v) is 1.10. The average Bonchev–Trinajstić information content (AvgIpc) is 2.14. The Morgan fingerprint density at radius 2 is 2.75 bits per heavy atom. The molecule has 0 spiro atoms. The predicted octanol–water partition coefficient (Wildman–Crippen LogP) is 0.590. The number of nitrogens with zero attached hydrogens (tertiary/aromatic N) is 2. The van der Waals surface area contributed by atoms with Crippen LogP contribution in [0.5, 0.6) is 0 Å². The van der Waals surface area contributed by atoms with Gasteiger partial charge in [0.15, 0.2) is 3.95 Å². The van der Waals surface area contributed by atoms with Gasteiger partial charge in [-0.05, 0) is 12.2 Å². The predicted molar refractivity (Wildman–Crippen MR) is 35.1 cm³/mol. The molecule has 0 radical (unpaired) electrons. The molecule has 1 rings (SSSR count). The van der Waals surface area contributed by atoms with Gasteiger partial charge in [0.2, 0.25) is 0 Å². The Balaban J connectivity index is 3.11. The number of hydrogen-bond acceptors (Lipinski definition) is 4. The third kappa shape index (κ3) is 0.936.